The Balaban J connectivity index is 2.39. The van der Waals surface area contributed by atoms with Crippen LogP contribution in [0, 0.1) is 10.1 Å². The van der Waals surface area contributed by atoms with Crippen molar-refractivity contribution in [2.24, 2.45) is 0 Å². The number of anilines is 1. The zero-order chi connectivity index (χ0) is 13.1. The average molecular weight is 310 g/mol. The number of nitrogens with zero attached hydrogens (tertiary/aromatic N) is 2. The lowest BCUT2D eigenvalue weighted by molar-refractivity contribution is -0.386. The lowest BCUT2D eigenvalue weighted by Gasteiger charge is -2.07. The summed E-state index contributed by atoms with van der Waals surface area (Å²) < 4.78 is 5.88. The van der Waals surface area contributed by atoms with Crippen LogP contribution in [0.2, 0.25) is 0 Å². The van der Waals surface area contributed by atoms with E-state index in [1.54, 1.807) is 24.3 Å². The van der Waals surface area contributed by atoms with Gasteiger partial charge in [0.1, 0.15) is 11.9 Å². The Morgan fingerprint density at radius 2 is 1.94 bits per heavy atom. The molecule has 0 radical (unpaired) electrons. The molecule has 2 N–H and O–H groups in total. The third-order valence-electron chi connectivity index (χ3n) is 2.13. The third kappa shape index (κ3) is 2.57. The predicted octanol–water partition coefficient (Wildman–Crippen LogP) is 3.13. The Morgan fingerprint density at radius 3 is 2.56 bits per heavy atom. The molecule has 18 heavy (non-hydrogen) atoms. The molecule has 0 atom stereocenters. The van der Waals surface area contributed by atoms with Gasteiger partial charge in [-0.2, -0.15) is 0 Å². The molecule has 0 saturated carbocycles. The van der Waals surface area contributed by atoms with Crippen LogP contribution in [0.25, 0.3) is 0 Å². The second-order valence-corrected chi connectivity index (χ2v) is 4.25. The summed E-state index contributed by atoms with van der Waals surface area (Å²) in [6.07, 6.45) is 2.57. The van der Waals surface area contributed by atoms with Crippen LogP contribution in [0.15, 0.2) is 41.1 Å². The number of nitrogen functional groups attached to an aromatic ring is 1. The summed E-state index contributed by atoms with van der Waals surface area (Å²) in [6, 6.07) is 6.56. The summed E-state index contributed by atoms with van der Waals surface area (Å²) in [7, 11) is 0. The highest BCUT2D eigenvalue weighted by atomic mass is 79.9. The number of benzene rings is 1. The molecule has 0 fully saturated rings. The Morgan fingerprint density at radius 1 is 1.28 bits per heavy atom. The zero-order valence-electron chi connectivity index (χ0n) is 9.04. The van der Waals surface area contributed by atoms with Gasteiger partial charge in [0, 0.05) is 11.9 Å². The molecule has 1 heterocycles. The largest absolute Gasteiger partial charge is 0.449 e. The van der Waals surface area contributed by atoms with Gasteiger partial charge in [-0.25, -0.2) is 0 Å². The van der Waals surface area contributed by atoms with Gasteiger partial charge in [-0.3, -0.25) is 15.1 Å². The number of halogens is 1. The van der Waals surface area contributed by atoms with Gasteiger partial charge in [-0.15, -0.1) is 0 Å². The van der Waals surface area contributed by atoms with Gasteiger partial charge in [0.2, 0.25) is 5.75 Å². The molecule has 0 aliphatic carbocycles. The maximum atomic E-state index is 10.9. The van der Waals surface area contributed by atoms with Gasteiger partial charge in [0.05, 0.1) is 9.40 Å². The molecule has 0 amide bonds. The van der Waals surface area contributed by atoms with Gasteiger partial charge in [0.15, 0.2) is 0 Å². The fraction of sp³-hybridized carbons (Fsp3) is 0. The van der Waals surface area contributed by atoms with Crippen molar-refractivity contribution in [1.82, 2.24) is 4.98 Å². The summed E-state index contributed by atoms with van der Waals surface area (Å²) in [5, 5.41) is 10.9. The van der Waals surface area contributed by atoms with E-state index in [1.807, 2.05) is 0 Å². The van der Waals surface area contributed by atoms with Crippen LogP contribution in [-0.4, -0.2) is 9.91 Å². The van der Waals surface area contributed by atoms with E-state index in [-0.39, 0.29) is 11.4 Å². The number of nitro groups is 1. The van der Waals surface area contributed by atoms with E-state index >= 15 is 0 Å². The first-order chi connectivity index (χ1) is 8.58. The summed E-state index contributed by atoms with van der Waals surface area (Å²) in [4.78, 5) is 14.0. The van der Waals surface area contributed by atoms with Gasteiger partial charge in [0.25, 0.3) is 0 Å². The van der Waals surface area contributed by atoms with Crippen LogP contribution in [0.4, 0.5) is 11.4 Å². The second kappa shape index (κ2) is 5.01. The lowest BCUT2D eigenvalue weighted by atomic mass is 10.3. The predicted molar refractivity (Wildman–Crippen MR) is 69.5 cm³/mol. The molecule has 0 bridgehead atoms. The second-order valence-electron chi connectivity index (χ2n) is 3.40. The smallest absolute Gasteiger partial charge is 0.330 e. The Kier molecular flexibility index (Phi) is 3.42. The lowest BCUT2D eigenvalue weighted by Crippen LogP contribution is -1.95. The van der Waals surface area contributed by atoms with Crippen LogP contribution in [-0.2, 0) is 0 Å². The Hall–Kier alpha value is -2.15. The summed E-state index contributed by atoms with van der Waals surface area (Å²) in [5.74, 6) is 0.568. The highest BCUT2D eigenvalue weighted by Crippen LogP contribution is 2.37. The van der Waals surface area contributed by atoms with Crippen molar-refractivity contribution in [3.63, 3.8) is 0 Å². The van der Waals surface area contributed by atoms with E-state index in [0.717, 1.165) is 6.20 Å². The molecule has 0 spiro atoms. The molecule has 0 aliphatic heterocycles. The van der Waals surface area contributed by atoms with Gasteiger partial charge in [-0.1, -0.05) is 0 Å². The molecule has 0 aliphatic rings. The molecule has 92 valence electrons. The van der Waals surface area contributed by atoms with E-state index in [2.05, 4.69) is 20.9 Å². The fourth-order valence-corrected chi connectivity index (χ4v) is 1.70. The van der Waals surface area contributed by atoms with Crippen molar-refractivity contribution in [2.75, 3.05) is 5.73 Å². The summed E-state index contributed by atoms with van der Waals surface area (Å²) in [6.45, 7) is 0. The number of hydrogen-bond acceptors (Lipinski definition) is 5. The topological polar surface area (TPSA) is 91.3 Å². The van der Waals surface area contributed by atoms with Crippen molar-refractivity contribution in [3.05, 3.63) is 51.2 Å². The van der Waals surface area contributed by atoms with Crippen LogP contribution < -0.4 is 10.5 Å². The van der Waals surface area contributed by atoms with Crippen molar-refractivity contribution in [3.8, 4) is 11.5 Å². The van der Waals surface area contributed by atoms with Crippen molar-refractivity contribution in [2.45, 2.75) is 0 Å². The maximum absolute atomic E-state index is 10.9. The standard InChI is InChI=1S/C11H8BrN3O3/c12-9-5-14-6-10(15(16)17)11(9)18-8-3-1-7(13)2-4-8/h1-6H,13H2. The van der Waals surface area contributed by atoms with Crippen molar-refractivity contribution >= 4 is 27.3 Å². The minimum Gasteiger partial charge on any atom is -0.449 e. The van der Waals surface area contributed by atoms with Crippen LogP contribution >= 0.6 is 15.9 Å². The first-order valence-electron chi connectivity index (χ1n) is 4.89. The number of aromatic nitrogens is 1. The average Bonchev–Trinajstić information content (AvgIpc) is 2.34. The van der Waals surface area contributed by atoms with E-state index in [0.29, 0.717) is 15.9 Å². The van der Waals surface area contributed by atoms with Crippen LogP contribution in [0.5, 0.6) is 11.5 Å². The molecule has 7 heteroatoms. The molecular formula is C11H8BrN3O3. The molecule has 0 saturated heterocycles. The monoisotopic (exact) mass is 309 g/mol. The minimum absolute atomic E-state index is 0.111. The molecular weight excluding hydrogens is 302 g/mol. The quantitative estimate of drug-likeness (QED) is 0.534. The van der Waals surface area contributed by atoms with Gasteiger partial charge >= 0.3 is 5.69 Å². The Labute approximate surface area is 111 Å². The number of hydrogen-bond donors (Lipinski definition) is 1. The number of rotatable bonds is 3. The highest BCUT2D eigenvalue weighted by molar-refractivity contribution is 9.10. The normalized spacial score (nSPS) is 10.1. The molecule has 2 aromatic rings. The zero-order valence-corrected chi connectivity index (χ0v) is 10.6. The molecule has 1 aromatic heterocycles. The van der Waals surface area contributed by atoms with E-state index in [4.69, 9.17) is 10.5 Å². The third-order valence-corrected chi connectivity index (χ3v) is 2.70. The number of ether oxygens (including phenoxy) is 1. The van der Waals surface area contributed by atoms with E-state index in [1.165, 1.54) is 6.20 Å². The van der Waals surface area contributed by atoms with E-state index in [9.17, 15) is 10.1 Å². The Bertz CT molecular complexity index is 587. The molecule has 2 rings (SSSR count). The van der Waals surface area contributed by atoms with Gasteiger partial charge in [-0.05, 0) is 40.2 Å². The first kappa shape index (κ1) is 12.3. The summed E-state index contributed by atoms with van der Waals surface area (Å²) in [5.41, 5.74) is 5.93. The van der Waals surface area contributed by atoms with Crippen LogP contribution in [0.1, 0.15) is 0 Å². The van der Waals surface area contributed by atoms with Crippen LogP contribution in [0.3, 0.4) is 0 Å². The van der Waals surface area contributed by atoms with Gasteiger partial charge < -0.3 is 10.5 Å². The highest BCUT2D eigenvalue weighted by Gasteiger charge is 2.19. The molecule has 6 nitrogen and oxygen atoms in total. The number of pyridine rings is 1. The van der Waals surface area contributed by atoms with Crippen molar-refractivity contribution < 1.29 is 9.66 Å². The SMILES string of the molecule is Nc1ccc(Oc2c(Br)cncc2[N+](=O)[O-])cc1. The molecule has 1 aromatic carbocycles. The van der Waals surface area contributed by atoms with Crippen molar-refractivity contribution in [1.29, 1.82) is 0 Å². The van der Waals surface area contributed by atoms with E-state index < -0.39 is 4.92 Å². The minimum atomic E-state index is -0.551. The number of nitrogens with two attached hydrogens (primary N) is 1. The summed E-state index contributed by atoms with van der Waals surface area (Å²) >= 11 is 3.17. The fourth-order valence-electron chi connectivity index (χ4n) is 1.30. The first-order valence-corrected chi connectivity index (χ1v) is 5.68. The molecule has 0 unspecified atom stereocenters. The maximum Gasteiger partial charge on any atom is 0.330 e.